The van der Waals surface area contributed by atoms with E-state index in [2.05, 4.69) is 0 Å². The zero-order valence-corrected chi connectivity index (χ0v) is 10.8. The Balaban J connectivity index is 2.54. The summed E-state index contributed by atoms with van der Waals surface area (Å²) >= 11 is 1.41. The molecule has 0 fully saturated rings. The van der Waals surface area contributed by atoms with E-state index in [4.69, 9.17) is 14.9 Å². The lowest BCUT2D eigenvalue weighted by atomic mass is 10.1. The van der Waals surface area contributed by atoms with Crippen LogP contribution in [0.25, 0.3) is 11.3 Å². The minimum absolute atomic E-state index is 0.523. The fourth-order valence-corrected chi connectivity index (χ4v) is 2.41. The lowest BCUT2D eigenvalue weighted by molar-refractivity contribution is 0.355. The normalized spacial score (nSPS) is 10.3. The Morgan fingerprint density at radius 2 is 1.88 bits per heavy atom. The van der Waals surface area contributed by atoms with E-state index in [0.717, 1.165) is 11.3 Å². The maximum absolute atomic E-state index is 7.69. The number of thiazole rings is 1. The Bertz CT molecular complexity index is 586. The summed E-state index contributed by atoms with van der Waals surface area (Å²) in [7, 11) is 5.11. The first kappa shape index (κ1) is 11.7. The maximum Gasteiger partial charge on any atom is 0.182 e. The molecule has 0 aliphatic heterocycles. The van der Waals surface area contributed by atoms with Gasteiger partial charge in [0.25, 0.3) is 0 Å². The van der Waals surface area contributed by atoms with Gasteiger partial charge in [-0.25, -0.2) is 0 Å². The van der Waals surface area contributed by atoms with E-state index in [9.17, 15) is 0 Å². The summed E-state index contributed by atoms with van der Waals surface area (Å²) in [6.45, 7) is 0. The molecule has 0 aliphatic carbocycles. The van der Waals surface area contributed by atoms with Crippen molar-refractivity contribution in [1.29, 1.82) is 5.41 Å². The lowest BCUT2D eigenvalue weighted by Gasteiger charge is -2.09. The number of nitrogens with one attached hydrogen (secondary N) is 1. The second-order valence-corrected chi connectivity index (χ2v) is 4.41. The Labute approximate surface area is 104 Å². The third kappa shape index (κ3) is 2.06. The van der Waals surface area contributed by atoms with Crippen LogP contribution in [0.2, 0.25) is 0 Å². The zero-order chi connectivity index (χ0) is 12.4. The van der Waals surface area contributed by atoms with E-state index in [1.165, 1.54) is 11.3 Å². The van der Waals surface area contributed by atoms with Crippen molar-refractivity contribution >= 4 is 11.3 Å². The molecule has 0 saturated carbocycles. The Kier molecular flexibility index (Phi) is 3.19. The van der Waals surface area contributed by atoms with Crippen LogP contribution < -0.4 is 14.3 Å². The summed E-state index contributed by atoms with van der Waals surface area (Å²) in [4.78, 5) is 0.523. The van der Waals surface area contributed by atoms with Crippen molar-refractivity contribution in [1.82, 2.24) is 4.57 Å². The predicted molar refractivity (Wildman–Crippen MR) is 67.7 cm³/mol. The smallest absolute Gasteiger partial charge is 0.182 e. The molecule has 2 aromatic rings. The van der Waals surface area contributed by atoms with Gasteiger partial charge in [-0.1, -0.05) is 0 Å². The van der Waals surface area contributed by atoms with Crippen molar-refractivity contribution < 1.29 is 9.47 Å². The maximum atomic E-state index is 7.69. The molecule has 90 valence electrons. The molecule has 0 aliphatic rings. The van der Waals surface area contributed by atoms with E-state index in [0.29, 0.717) is 16.3 Å². The molecule has 0 saturated heterocycles. The molecule has 0 spiro atoms. The van der Waals surface area contributed by atoms with Crippen molar-refractivity contribution in [2.75, 3.05) is 14.2 Å². The third-order valence-corrected chi connectivity index (χ3v) is 3.47. The van der Waals surface area contributed by atoms with Crippen molar-refractivity contribution in [3.05, 3.63) is 28.4 Å². The summed E-state index contributed by atoms with van der Waals surface area (Å²) < 4.78 is 12.3. The van der Waals surface area contributed by atoms with E-state index in [1.807, 2.05) is 35.2 Å². The lowest BCUT2D eigenvalue weighted by Crippen LogP contribution is -2.08. The number of hydrogen-bond acceptors (Lipinski definition) is 4. The highest BCUT2D eigenvalue weighted by Gasteiger charge is 2.08. The summed E-state index contributed by atoms with van der Waals surface area (Å²) in [5.74, 6) is 1.41. The van der Waals surface area contributed by atoms with E-state index in [1.54, 1.807) is 14.2 Å². The first-order valence-corrected chi connectivity index (χ1v) is 5.97. The average molecular weight is 250 g/mol. The SMILES string of the molecule is COc1ccc(-c2csc(=N)n2C)cc1OC. The van der Waals surface area contributed by atoms with E-state index in [-0.39, 0.29) is 0 Å². The summed E-state index contributed by atoms with van der Waals surface area (Å²) in [6.07, 6.45) is 0. The standard InChI is InChI=1S/C12H14N2O2S/c1-14-9(7-17-12(14)13)8-4-5-10(15-2)11(6-8)16-3/h4-7,13H,1-3H3. The topological polar surface area (TPSA) is 47.2 Å². The number of ether oxygens (including phenoxy) is 2. The highest BCUT2D eigenvalue weighted by Crippen LogP contribution is 2.32. The first-order chi connectivity index (χ1) is 8.17. The Morgan fingerprint density at radius 3 is 2.41 bits per heavy atom. The molecule has 1 heterocycles. The van der Waals surface area contributed by atoms with Crippen LogP contribution in [0.5, 0.6) is 11.5 Å². The van der Waals surface area contributed by atoms with Gasteiger partial charge >= 0.3 is 0 Å². The van der Waals surface area contributed by atoms with Gasteiger partial charge < -0.3 is 14.0 Å². The minimum atomic E-state index is 0.523. The molecule has 0 unspecified atom stereocenters. The monoisotopic (exact) mass is 250 g/mol. The predicted octanol–water partition coefficient (Wildman–Crippen LogP) is 2.25. The van der Waals surface area contributed by atoms with Gasteiger partial charge in [-0.2, -0.15) is 0 Å². The van der Waals surface area contributed by atoms with Crippen LogP contribution in [0.3, 0.4) is 0 Å². The Hall–Kier alpha value is -1.75. The molecular formula is C12H14N2O2S. The largest absolute Gasteiger partial charge is 0.493 e. The van der Waals surface area contributed by atoms with Crippen LogP contribution in [-0.2, 0) is 7.05 Å². The van der Waals surface area contributed by atoms with Gasteiger partial charge in [0.05, 0.1) is 19.9 Å². The number of aromatic nitrogens is 1. The summed E-state index contributed by atoms with van der Waals surface area (Å²) in [5.41, 5.74) is 2.01. The number of methoxy groups -OCH3 is 2. The molecule has 0 radical (unpaired) electrons. The van der Waals surface area contributed by atoms with Gasteiger partial charge in [-0.05, 0) is 18.2 Å². The number of hydrogen-bond donors (Lipinski definition) is 1. The molecule has 1 N–H and O–H groups in total. The number of nitrogens with zero attached hydrogens (tertiary/aromatic N) is 1. The molecule has 1 aromatic carbocycles. The second-order valence-electron chi connectivity index (χ2n) is 3.55. The molecule has 4 nitrogen and oxygen atoms in total. The highest BCUT2D eigenvalue weighted by molar-refractivity contribution is 7.07. The van der Waals surface area contributed by atoms with Gasteiger partial charge in [0.2, 0.25) is 0 Å². The van der Waals surface area contributed by atoms with E-state index >= 15 is 0 Å². The molecular weight excluding hydrogens is 236 g/mol. The quantitative estimate of drug-likeness (QED) is 0.908. The van der Waals surface area contributed by atoms with Crippen molar-refractivity contribution in [3.8, 4) is 22.8 Å². The van der Waals surface area contributed by atoms with Gasteiger partial charge in [0.1, 0.15) is 0 Å². The van der Waals surface area contributed by atoms with Crippen molar-refractivity contribution in [3.63, 3.8) is 0 Å². The second kappa shape index (κ2) is 4.63. The highest BCUT2D eigenvalue weighted by atomic mass is 32.1. The molecule has 17 heavy (non-hydrogen) atoms. The minimum Gasteiger partial charge on any atom is -0.493 e. The number of benzene rings is 1. The van der Waals surface area contributed by atoms with Crippen LogP contribution in [0.1, 0.15) is 0 Å². The fraction of sp³-hybridized carbons (Fsp3) is 0.250. The van der Waals surface area contributed by atoms with Crippen LogP contribution in [0.15, 0.2) is 23.6 Å². The molecule has 0 atom stereocenters. The summed E-state index contributed by atoms with van der Waals surface area (Å²) in [5, 5.41) is 9.65. The number of rotatable bonds is 3. The van der Waals surface area contributed by atoms with Crippen LogP contribution >= 0.6 is 11.3 Å². The third-order valence-electron chi connectivity index (χ3n) is 2.63. The van der Waals surface area contributed by atoms with Gasteiger partial charge in [-0.15, -0.1) is 11.3 Å². The Morgan fingerprint density at radius 1 is 1.18 bits per heavy atom. The van der Waals surface area contributed by atoms with Gasteiger partial charge in [0.15, 0.2) is 16.3 Å². The van der Waals surface area contributed by atoms with Crippen LogP contribution in [-0.4, -0.2) is 18.8 Å². The summed E-state index contributed by atoms with van der Waals surface area (Å²) in [6, 6.07) is 5.75. The molecule has 1 aromatic heterocycles. The van der Waals surface area contributed by atoms with Crippen molar-refractivity contribution in [2.45, 2.75) is 0 Å². The molecule has 0 amide bonds. The van der Waals surface area contributed by atoms with Gasteiger partial charge in [-0.3, -0.25) is 5.41 Å². The first-order valence-electron chi connectivity index (χ1n) is 5.09. The van der Waals surface area contributed by atoms with E-state index < -0.39 is 0 Å². The average Bonchev–Trinajstić information content (AvgIpc) is 2.69. The van der Waals surface area contributed by atoms with Gasteiger partial charge in [0, 0.05) is 18.0 Å². The molecule has 5 heteroatoms. The van der Waals surface area contributed by atoms with Crippen molar-refractivity contribution in [2.24, 2.45) is 7.05 Å². The van der Waals surface area contributed by atoms with Crippen LogP contribution in [0.4, 0.5) is 0 Å². The van der Waals surface area contributed by atoms with Crippen LogP contribution in [0, 0.1) is 5.41 Å². The fourth-order valence-electron chi connectivity index (χ4n) is 1.64. The molecule has 2 rings (SSSR count). The molecule has 0 bridgehead atoms. The zero-order valence-electron chi connectivity index (χ0n) is 9.98.